The number of hydrogen-bond acceptors (Lipinski definition) is 9. The summed E-state index contributed by atoms with van der Waals surface area (Å²) < 4.78 is 12.1. The average molecular weight is 455 g/mol. The van der Waals surface area contributed by atoms with Crippen LogP contribution in [0.1, 0.15) is 29.6 Å². The molecule has 0 bridgehead atoms. The zero-order chi connectivity index (χ0) is 23.4. The van der Waals surface area contributed by atoms with Gasteiger partial charge in [-0.3, -0.25) is 4.79 Å². The quantitative estimate of drug-likeness (QED) is 0.454. The van der Waals surface area contributed by atoms with Gasteiger partial charge in [0, 0.05) is 31.4 Å². The number of halogens is 1. The summed E-state index contributed by atoms with van der Waals surface area (Å²) >= 11 is 0. The Kier molecular flexibility index (Phi) is 6.90. The summed E-state index contributed by atoms with van der Waals surface area (Å²) in [6.07, 6.45) is 4.53. The van der Waals surface area contributed by atoms with Crippen LogP contribution in [0, 0.1) is 0 Å². The third-order valence-electron chi connectivity index (χ3n) is 5.65. The predicted molar refractivity (Wildman–Crippen MR) is 123 cm³/mol. The van der Waals surface area contributed by atoms with Crippen LogP contribution in [0.3, 0.4) is 0 Å². The normalized spacial score (nSPS) is 20.4. The molecule has 5 heterocycles. The Bertz CT molecular complexity index is 1120. The smallest absolute Gasteiger partial charge is 0.251 e. The van der Waals surface area contributed by atoms with Crippen molar-refractivity contribution in [3.05, 3.63) is 36.3 Å². The molecule has 3 aromatic heterocycles. The van der Waals surface area contributed by atoms with Gasteiger partial charge in [0.05, 0.1) is 17.4 Å². The minimum absolute atomic E-state index is 0.176. The van der Waals surface area contributed by atoms with E-state index >= 15 is 0 Å². The predicted octanol–water partition coefficient (Wildman–Crippen LogP) is 1.05. The van der Waals surface area contributed by atoms with Gasteiger partial charge in [-0.25, -0.2) is 24.3 Å². The van der Waals surface area contributed by atoms with Crippen molar-refractivity contribution in [3.63, 3.8) is 0 Å². The molecule has 2 unspecified atom stereocenters. The van der Waals surface area contributed by atoms with Crippen LogP contribution in [0.15, 0.2) is 30.7 Å². The number of pyridine rings is 2. The van der Waals surface area contributed by atoms with E-state index in [0.29, 0.717) is 35.4 Å². The van der Waals surface area contributed by atoms with E-state index in [1.165, 1.54) is 6.33 Å². The van der Waals surface area contributed by atoms with Gasteiger partial charge in [0.1, 0.15) is 29.4 Å². The molecular formula is C22H27FN8O2. The van der Waals surface area contributed by atoms with Crippen molar-refractivity contribution in [2.75, 3.05) is 36.8 Å². The molecule has 0 aromatic carbocycles. The van der Waals surface area contributed by atoms with E-state index in [9.17, 15) is 14.3 Å². The number of anilines is 2. The molecule has 174 valence electrons. The standard InChI is InChI=1S/C17H17N7O2.C5H10FN/c18-16-15-14(21-8-22-16)11(17(19)26)5-12(23-15)9-1-2-13(20-6-9)24-4-3-10(25)7-24;6-5-2-1-3-7-4-5/h1-2,5-6,8,10,25H,3-4,7H2,(H2,19,26)(H2,18,21,22);5,7H,1-4H2. The number of piperidine rings is 1. The number of alkyl halides is 1. The zero-order valence-corrected chi connectivity index (χ0v) is 18.1. The van der Waals surface area contributed by atoms with E-state index in [4.69, 9.17) is 11.5 Å². The number of rotatable bonds is 3. The monoisotopic (exact) mass is 454 g/mol. The first-order valence-electron chi connectivity index (χ1n) is 10.9. The number of nitrogens with zero attached hydrogens (tertiary/aromatic N) is 5. The van der Waals surface area contributed by atoms with Crippen molar-refractivity contribution in [1.29, 1.82) is 0 Å². The van der Waals surface area contributed by atoms with Crippen LogP contribution >= 0.6 is 0 Å². The Morgan fingerprint density at radius 2 is 2.06 bits per heavy atom. The molecule has 10 nitrogen and oxygen atoms in total. The lowest BCUT2D eigenvalue weighted by Gasteiger charge is -2.16. The number of amides is 1. The van der Waals surface area contributed by atoms with Crippen LogP contribution in [-0.4, -0.2) is 69.4 Å². The first kappa shape index (κ1) is 22.7. The first-order valence-corrected chi connectivity index (χ1v) is 10.9. The maximum atomic E-state index is 12.1. The fourth-order valence-corrected chi connectivity index (χ4v) is 3.88. The second-order valence-corrected chi connectivity index (χ2v) is 8.11. The lowest BCUT2D eigenvalue weighted by atomic mass is 10.1. The van der Waals surface area contributed by atoms with Crippen LogP contribution in [-0.2, 0) is 0 Å². The molecule has 3 aromatic rings. The van der Waals surface area contributed by atoms with Crippen molar-refractivity contribution in [1.82, 2.24) is 25.3 Å². The van der Waals surface area contributed by atoms with Gasteiger partial charge >= 0.3 is 0 Å². The molecule has 2 aliphatic rings. The number of aliphatic hydroxyl groups excluding tert-OH is 1. The third kappa shape index (κ3) is 5.32. The number of hydrogen-bond donors (Lipinski definition) is 4. The summed E-state index contributed by atoms with van der Waals surface area (Å²) in [5, 5.41) is 12.6. The minimum Gasteiger partial charge on any atom is -0.391 e. The molecule has 2 atom stereocenters. The Balaban J connectivity index is 0.000000318. The molecule has 2 fully saturated rings. The highest BCUT2D eigenvalue weighted by molar-refractivity contribution is 6.06. The van der Waals surface area contributed by atoms with Crippen molar-refractivity contribution < 1.29 is 14.3 Å². The number of carbonyl (C=O) groups is 1. The van der Waals surface area contributed by atoms with Crippen molar-refractivity contribution in [3.8, 4) is 11.3 Å². The van der Waals surface area contributed by atoms with Gasteiger partial charge in [-0.05, 0) is 44.0 Å². The number of β-amino-alcohol motifs (C(OH)–C–C–N with tert-alkyl or cyclic N) is 1. The van der Waals surface area contributed by atoms with Gasteiger partial charge in [-0.2, -0.15) is 0 Å². The van der Waals surface area contributed by atoms with Gasteiger partial charge in [0.2, 0.25) is 0 Å². The molecule has 0 spiro atoms. The van der Waals surface area contributed by atoms with E-state index in [1.54, 1.807) is 12.3 Å². The highest BCUT2D eigenvalue weighted by Gasteiger charge is 2.21. The highest BCUT2D eigenvalue weighted by atomic mass is 19.1. The molecule has 0 saturated carbocycles. The first-order chi connectivity index (χ1) is 15.9. The summed E-state index contributed by atoms with van der Waals surface area (Å²) in [4.78, 5) is 30.7. The summed E-state index contributed by atoms with van der Waals surface area (Å²) in [5.74, 6) is 0.339. The Morgan fingerprint density at radius 1 is 1.21 bits per heavy atom. The Labute approximate surface area is 190 Å². The van der Waals surface area contributed by atoms with Crippen molar-refractivity contribution >= 4 is 28.6 Å². The van der Waals surface area contributed by atoms with Crippen LogP contribution < -0.4 is 21.7 Å². The van der Waals surface area contributed by atoms with Gasteiger partial charge in [0.25, 0.3) is 5.91 Å². The van der Waals surface area contributed by atoms with Crippen molar-refractivity contribution in [2.45, 2.75) is 31.5 Å². The van der Waals surface area contributed by atoms with Gasteiger partial charge in [-0.15, -0.1) is 0 Å². The molecule has 5 rings (SSSR count). The molecule has 2 aliphatic heterocycles. The SMILES string of the molecule is FC1CCCNC1.NC(=O)c1cc(-c2ccc(N3CCC(O)C3)nc2)nc2c(N)ncnc12. The number of primary amides is 1. The van der Waals surface area contributed by atoms with E-state index in [-0.39, 0.29) is 17.5 Å². The van der Waals surface area contributed by atoms with Gasteiger partial charge in [-0.1, -0.05) is 0 Å². The molecule has 0 radical (unpaired) electrons. The fraction of sp³-hybridized carbons (Fsp3) is 0.409. The molecule has 1 amide bonds. The van der Waals surface area contributed by atoms with Crippen LogP contribution in [0.4, 0.5) is 16.0 Å². The lowest BCUT2D eigenvalue weighted by molar-refractivity contribution is 0.100. The topological polar surface area (TPSA) is 156 Å². The number of carbonyl (C=O) groups excluding carboxylic acids is 1. The average Bonchev–Trinajstić information content (AvgIpc) is 3.26. The van der Waals surface area contributed by atoms with Crippen LogP contribution in [0.5, 0.6) is 0 Å². The number of aromatic nitrogens is 4. The summed E-state index contributed by atoms with van der Waals surface area (Å²) in [6, 6.07) is 5.29. The largest absolute Gasteiger partial charge is 0.391 e. The number of nitrogen functional groups attached to an aromatic ring is 1. The van der Waals surface area contributed by atoms with Gasteiger partial charge < -0.3 is 26.8 Å². The van der Waals surface area contributed by atoms with E-state index in [1.807, 2.05) is 17.0 Å². The molecule has 0 aliphatic carbocycles. The number of nitrogens with two attached hydrogens (primary N) is 2. The number of fused-ring (bicyclic) bond motifs is 1. The van der Waals surface area contributed by atoms with E-state index in [0.717, 1.165) is 38.2 Å². The summed E-state index contributed by atoms with van der Waals surface area (Å²) in [7, 11) is 0. The Morgan fingerprint density at radius 3 is 2.64 bits per heavy atom. The molecule has 11 heteroatoms. The fourth-order valence-electron chi connectivity index (χ4n) is 3.88. The van der Waals surface area contributed by atoms with Crippen molar-refractivity contribution in [2.24, 2.45) is 5.73 Å². The van der Waals surface area contributed by atoms with E-state index < -0.39 is 12.1 Å². The Hall–Kier alpha value is -3.44. The molecular weight excluding hydrogens is 427 g/mol. The summed E-state index contributed by atoms with van der Waals surface area (Å²) in [6.45, 7) is 2.90. The van der Waals surface area contributed by atoms with Crippen LogP contribution in [0.25, 0.3) is 22.3 Å². The minimum atomic E-state index is -0.618. The van der Waals surface area contributed by atoms with Gasteiger partial charge in [0.15, 0.2) is 5.82 Å². The number of nitrogens with one attached hydrogen (secondary N) is 1. The third-order valence-corrected chi connectivity index (χ3v) is 5.65. The van der Waals surface area contributed by atoms with Crippen LogP contribution in [0.2, 0.25) is 0 Å². The molecule has 6 N–H and O–H groups in total. The maximum Gasteiger partial charge on any atom is 0.251 e. The second kappa shape index (κ2) is 10.0. The number of aliphatic hydroxyl groups is 1. The second-order valence-electron chi connectivity index (χ2n) is 8.11. The highest BCUT2D eigenvalue weighted by Crippen LogP contribution is 2.27. The summed E-state index contributed by atoms with van der Waals surface area (Å²) in [5.41, 5.74) is 13.5. The molecule has 2 saturated heterocycles. The maximum absolute atomic E-state index is 12.1. The van der Waals surface area contributed by atoms with E-state index in [2.05, 4.69) is 25.3 Å². The zero-order valence-electron chi connectivity index (χ0n) is 18.1. The lowest BCUT2D eigenvalue weighted by Crippen LogP contribution is -2.30. The molecule has 33 heavy (non-hydrogen) atoms.